The second-order valence-corrected chi connectivity index (χ2v) is 11.6. The molecule has 1 aromatic heterocycles. The van der Waals surface area contributed by atoms with Crippen molar-refractivity contribution in [1.29, 1.82) is 0 Å². The van der Waals surface area contributed by atoms with Gasteiger partial charge in [-0.3, -0.25) is 14.7 Å². The van der Waals surface area contributed by atoms with E-state index in [1.165, 1.54) is 0 Å². The van der Waals surface area contributed by atoms with Gasteiger partial charge in [0.25, 0.3) is 0 Å². The first-order valence-electron chi connectivity index (χ1n) is 12.9. The van der Waals surface area contributed by atoms with Gasteiger partial charge in [0.05, 0.1) is 11.7 Å². The molecule has 3 amide bonds. The second-order valence-electron chi connectivity index (χ2n) is 11.1. The summed E-state index contributed by atoms with van der Waals surface area (Å²) in [5.41, 5.74) is 7.48. The first-order valence-corrected chi connectivity index (χ1v) is 13.3. The lowest BCUT2D eigenvalue weighted by Gasteiger charge is -2.49. The Kier molecular flexibility index (Phi) is 8.20. The summed E-state index contributed by atoms with van der Waals surface area (Å²) in [6.45, 7) is 10.1. The fourth-order valence-corrected chi connectivity index (χ4v) is 5.68. The van der Waals surface area contributed by atoms with Gasteiger partial charge in [0.2, 0.25) is 5.91 Å². The topological polar surface area (TPSA) is 82.8 Å². The average Bonchev–Trinajstić information content (AvgIpc) is 2.86. The third-order valence-corrected chi connectivity index (χ3v) is 7.89. The number of nitrogens with zero attached hydrogens (tertiary/aromatic N) is 4. The number of benzene rings is 1. The second kappa shape index (κ2) is 11.2. The number of aromatic nitrogens is 1. The van der Waals surface area contributed by atoms with E-state index in [1.54, 1.807) is 4.90 Å². The number of urea groups is 1. The van der Waals surface area contributed by atoms with E-state index in [4.69, 9.17) is 22.3 Å². The van der Waals surface area contributed by atoms with Crippen LogP contribution in [0.2, 0.25) is 5.02 Å². The molecule has 8 heteroatoms. The number of carbonyl (C=O) groups excluding carboxylic acids is 2. The Morgan fingerprint density at radius 2 is 1.75 bits per heavy atom. The van der Waals surface area contributed by atoms with Gasteiger partial charge < -0.3 is 15.5 Å². The molecule has 2 fully saturated rings. The van der Waals surface area contributed by atoms with Crippen LogP contribution >= 0.6 is 11.6 Å². The minimum atomic E-state index is -0.369. The van der Waals surface area contributed by atoms with Crippen LogP contribution in [-0.2, 0) is 4.79 Å². The lowest BCUT2D eigenvalue weighted by atomic mass is 9.82. The molecule has 1 unspecified atom stereocenters. The molecule has 4 rings (SSSR count). The molecule has 2 aliphatic rings. The zero-order valence-electron chi connectivity index (χ0n) is 21.6. The van der Waals surface area contributed by atoms with E-state index in [1.807, 2.05) is 30.5 Å². The lowest BCUT2D eigenvalue weighted by Crippen LogP contribution is -2.60. The molecule has 0 saturated carbocycles. The highest BCUT2D eigenvalue weighted by molar-refractivity contribution is 6.30. The van der Waals surface area contributed by atoms with Crippen molar-refractivity contribution in [3.8, 4) is 0 Å². The summed E-state index contributed by atoms with van der Waals surface area (Å²) in [5.74, 6) is 0.509. The zero-order valence-corrected chi connectivity index (χ0v) is 22.3. The number of carbonyl (C=O) groups is 2. The van der Waals surface area contributed by atoms with Gasteiger partial charge in [0, 0.05) is 56.4 Å². The van der Waals surface area contributed by atoms with E-state index in [0.717, 1.165) is 37.2 Å². The van der Waals surface area contributed by atoms with Gasteiger partial charge in [0.1, 0.15) is 0 Å². The summed E-state index contributed by atoms with van der Waals surface area (Å²) in [6.07, 6.45) is 4.02. The number of primary amides is 1. The fourth-order valence-electron chi connectivity index (χ4n) is 5.55. The Balaban J connectivity index is 1.52. The van der Waals surface area contributed by atoms with Gasteiger partial charge in [-0.2, -0.15) is 0 Å². The van der Waals surface area contributed by atoms with Crippen molar-refractivity contribution in [2.24, 2.45) is 17.1 Å². The third kappa shape index (κ3) is 6.19. The highest BCUT2D eigenvalue weighted by Crippen LogP contribution is 2.35. The fraction of sp³-hybridized carbons (Fsp3) is 0.536. The molecule has 7 nitrogen and oxygen atoms in total. The highest BCUT2D eigenvalue weighted by atomic mass is 35.5. The van der Waals surface area contributed by atoms with Crippen molar-refractivity contribution in [2.45, 2.75) is 52.1 Å². The van der Waals surface area contributed by atoms with Gasteiger partial charge in [-0.1, -0.05) is 50.6 Å². The molecule has 2 saturated heterocycles. The number of piperidine rings is 1. The van der Waals surface area contributed by atoms with E-state index in [-0.39, 0.29) is 29.4 Å². The van der Waals surface area contributed by atoms with Crippen molar-refractivity contribution in [2.75, 3.05) is 32.7 Å². The first-order chi connectivity index (χ1) is 17.1. The predicted molar refractivity (Wildman–Crippen MR) is 143 cm³/mol. The molecule has 3 heterocycles. The number of piperazine rings is 1. The first kappa shape index (κ1) is 26.4. The SMILES string of the molecule is CC(C)(C)[C@H]1CN(C(c2ccc(Cl)cc2)c2ccccn2)CCN1C(=O)CC1CCN(C(N)=O)CC1. The monoisotopic (exact) mass is 511 g/mol. The van der Waals surface area contributed by atoms with E-state index in [0.29, 0.717) is 37.0 Å². The minimum Gasteiger partial charge on any atom is -0.351 e. The van der Waals surface area contributed by atoms with E-state index >= 15 is 0 Å². The standard InChI is InChI=1S/C28H38ClN5O2/c1-28(2,3)24-19-33(26(23-6-4-5-13-31-23)21-7-9-22(29)10-8-21)16-17-34(24)25(35)18-20-11-14-32(15-12-20)27(30)36/h4-10,13,20,24,26H,11-12,14-19H2,1-3H3,(H2,30,36)/t24-,26?/m1/s1. The van der Waals surface area contributed by atoms with Crippen LogP contribution in [-0.4, -0.2) is 70.4 Å². The number of halogens is 1. The number of nitrogens with two attached hydrogens (primary N) is 1. The number of likely N-dealkylation sites (tertiary alicyclic amines) is 1. The van der Waals surface area contributed by atoms with Crippen LogP contribution in [0.25, 0.3) is 0 Å². The number of hydrogen-bond acceptors (Lipinski definition) is 4. The van der Waals surface area contributed by atoms with Gasteiger partial charge >= 0.3 is 6.03 Å². The van der Waals surface area contributed by atoms with Crippen molar-refractivity contribution in [3.05, 3.63) is 64.9 Å². The summed E-state index contributed by atoms with van der Waals surface area (Å²) in [5, 5.41) is 0.711. The van der Waals surface area contributed by atoms with Crippen LogP contribution < -0.4 is 5.73 Å². The molecule has 0 spiro atoms. The normalized spacial score (nSPS) is 20.8. The molecule has 0 radical (unpaired) electrons. The maximum Gasteiger partial charge on any atom is 0.314 e. The minimum absolute atomic E-state index is 0.0105. The summed E-state index contributed by atoms with van der Waals surface area (Å²) >= 11 is 6.19. The molecule has 194 valence electrons. The largest absolute Gasteiger partial charge is 0.351 e. The third-order valence-electron chi connectivity index (χ3n) is 7.64. The van der Waals surface area contributed by atoms with Crippen molar-refractivity contribution >= 4 is 23.5 Å². The smallest absolute Gasteiger partial charge is 0.314 e. The Morgan fingerprint density at radius 3 is 2.33 bits per heavy atom. The van der Waals surface area contributed by atoms with Crippen LogP contribution in [0.3, 0.4) is 0 Å². The molecular formula is C28H38ClN5O2. The molecule has 2 atom stereocenters. The van der Waals surface area contributed by atoms with E-state index in [2.05, 4.69) is 48.8 Å². The number of rotatable bonds is 5. The molecular weight excluding hydrogens is 474 g/mol. The molecule has 2 aromatic rings. The maximum absolute atomic E-state index is 13.6. The molecule has 36 heavy (non-hydrogen) atoms. The predicted octanol–water partition coefficient (Wildman–Crippen LogP) is 4.56. The van der Waals surface area contributed by atoms with Gasteiger partial charge in [-0.25, -0.2) is 4.79 Å². The molecule has 2 aliphatic heterocycles. The maximum atomic E-state index is 13.6. The Morgan fingerprint density at radius 1 is 1.06 bits per heavy atom. The quantitative estimate of drug-likeness (QED) is 0.637. The van der Waals surface area contributed by atoms with Crippen LogP contribution in [0, 0.1) is 11.3 Å². The lowest BCUT2D eigenvalue weighted by molar-refractivity contribution is -0.141. The van der Waals surface area contributed by atoms with Crippen LogP contribution in [0.4, 0.5) is 4.79 Å². The number of hydrogen-bond donors (Lipinski definition) is 1. The van der Waals surface area contributed by atoms with Crippen LogP contribution in [0.1, 0.15) is 57.3 Å². The average molecular weight is 512 g/mol. The number of pyridine rings is 1. The number of amides is 3. The Labute approximate surface area is 219 Å². The molecule has 0 bridgehead atoms. The highest BCUT2D eigenvalue weighted by Gasteiger charge is 2.41. The van der Waals surface area contributed by atoms with Crippen molar-refractivity contribution in [1.82, 2.24) is 19.7 Å². The summed E-state index contributed by atoms with van der Waals surface area (Å²) < 4.78 is 0. The van der Waals surface area contributed by atoms with Gasteiger partial charge in [-0.15, -0.1) is 0 Å². The summed E-state index contributed by atoms with van der Waals surface area (Å²) in [7, 11) is 0. The molecule has 0 aliphatic carbocycles. The van der Waals surface area contributed by atoms with Crippen molar-refractivity contribution < 1.29 is 9.59 Å². The van der Waals surface area contributed by atoms with E-state index < -0.39 is 0 Å². The Bertz CT molecular complexity index is 1030. The van der Waals surface area contributed by atoms with Crippen LogP contribution in [0.15, 0.2) is 48.7 Å². The van der Waals surface area contributed by atoms with Gasteiger partial charge in [-0.05, 0) is 54.0 Å². The molecule has 1 aromatic carbocycles. The van der Waals surface area contributed by atoms with E-state index in [9.17, 15) is 9.59 Å². The Hall–Kier alpha value is -2.64. The summed E-state index contributed by atoms with van der Waals surface area (Å²) in [4.78, 5) is 35.9. The van der Waals surface area contributed by atoms with Crippen LogP contribution in [0.5, 0.6) is 0 Å². The van der Waals surface area contributed by atoms with Crippen molar-refractivity contribution in [3.63, 3.8) is 0 Å². The molecule has 2 N–H and O–H groups in total. The zero-order chi connectivity index (χ0) is 25.9. The van der Waals surface area contributed by atoms with Gasteiger partial charge in [0.15, 0.2) is 0 Å². The summed E-state index contributed by atoms with van der Waals surface area (Å²) in [6, 6.07) is 13.7.